The van der Waals surface area contributed by atoms with E-state index in [0.717, 1.165) is 24.8 Å². The average Bonchev–Trinajstić information content (AvgIpc) is 2.85. The molecular weight excluding hydrogens is 332 g/mol. The number of aliphatic hydroxyl groups is 1. The molecule has 8 atom stereocenters. The predicted molar refractivity (Wildman–Crippen MR) is 101 cm³/mol. The molecule has 1 N–H and O–H groups in total. The molecule has 4 rings (SSSR count). The van der Waals surface area contributed by atoms with E-state index in [1.807, 2.05) is 6.08 Å². The van der Waals surface area contributed by atoms with Gasteiger partial charge in [0.25, 0.3) is 0 Å². The standard InChI is InChI=1S/C22H31ClO2/c1-12(2)15-5-6-16-14-10-18(23)17-9-13(24)7-8-21(17,3)20(14)19(25)11-22(15,16)4/h9,14-16,18-20,25H,1,5-8,10-11H2,2-4H3/t14-,15+,16-,18+,19-,20+,21-,22+/m0/s1. The molecule has 0 aromatic carbocycles. The minimum Gasteiger partial charge on any atom is -0.393 e. The van der Waals surface area contributed by atoms with Gasteiger partial charge in [0, 0.05) is 6.42 Å². The van der Waals surface area contributed by atoms with Crippen molar-refractivity contribution in [2.45, 2.75) is 70.8 Å². The van der Waals surface area contributed by atoms with Crippen LogP contribution < -0.4 is 0 Å². The molecule has 0 radical (unpaired) electrons. The highest BCUT2D eigenvalue weighted by Crippen LogP contribution is 2.67. The van der Waals surface area contributed by atoms with Gasteiger partial charge in [-0.3, -0.25) is 4.79 Å². The van der Waals surface area contributed by atoms with Gasteiger partial charge < -0.3 is 5.11 Å². The quantitative estimate of drug-likeness (QED) is 0.532. The number of hydrogen-bond acceptors (Lipinski definition) is 2. The lowest BCUT2D eigenvalue weighted by Gasteiger charge is -2.60. The van der Waals surface area contributed by atoms with Gasteiger partial charge in [0.15, 0.2) is 5.78 Å². The Bertz CT molecular complexity index is 652. The minimum atomic E-state index is -0.308. The molecule has 25 heavy (non-hydrogen) atoms. The van der Waals surface area contributed by atoms with E-state index in [1.165, 1.54) is 18.4 Å². The Hall–Kier alpha value is -0.600. The fourth-order valence-electron chi connectivity index (χ4n) is 7.50. The number of hydrogen-bond donors (Lipinski definition) is 1. The summed E-state index contributed by atoms with van der Waals surface area (Å²) in [6, 6.07) is 0. The van der Waals surface area contributed by atoms with Crippen LogP contribution in [0.1, 0.15) is 59.3 Å². The van der Waals surface area contributed by atoms with E-state index in [0.29, 0.717) is 24.2 Å². The average molecular weight is 363 g/mol. The lowest BCUT2D eigenvalue weighted by molar-refractivity contribution is -0.131. The number of fused-ring (bicyclic) bond motifs is 5. The van der Waals surface area contributed by atoms with Crippen molar-refractivity contribution >= 4 is 17.4 Å². The summed E-state index contributed by atoms with van der Waals surface area (Å²) in [6.07, 6.45) is 7.11. The topological polar surface area (TPSA) is 37.3 Å². The van der Waals surface area contributed by atoms with Crippen LogP contribution in [0.25, 0.3) is 0 Å². The summed E-state index contributed by atoms with van der Waals surface area (Å²) in [5, 5.41) is 11.2. The summed E-state index contributed by atoms with van der Waals surface area (Å²) in [4.78, 5) is 12.0. The molecule has 0 heterocycles. The fraction of sp³-hybridized carbons (Fsp3) is 0.773. The van der Waals surface area contributed by atoms with Crippen molar-refractivity contribution < 1.29 is 9.90 Å². The van der Waals surface area contributed by atoms with Crippen LogP contribution in [0.4, 0.5) is 0 Å². The molecule has 2 nitrogen and oxygen atoms in total. The number of alkyl halides is 1. The first-order valence-electron chi connectivity index (χ1n) is 9.91. The van der Waals surface area contributed by atoms with Gasteiger partial charge in [-0.15, -0.1) is 11.6 Å². The lowest BCUT2D eigenvalue weighted by atomic mass is 9.45. The van der Waals surface area contributed by atoms with Crippen molar-refractivity contribution in [2.75, 3.05) is 0 Å². The van der Waals surface area contributed by atoms with Crippen LogP contribution in [0.2, 0.25) is 0 Å². The lowest BCUT2D eigenvalue weighted by Crippen LogP contribution is -2.58. The summed E-state index contributed by atoms with van der Waals surface area (Å²) in [7, 11) is 0. The van der Waals surface area contributed by atoms with Crippen LogP contribution in [-0.2, 0) is 4.79 Å². The fourth-order valence-corrected chi connectivity index (χ4v) is 8.02. The van der Waals surface area contributed by atoms with Gasteiger partial charge in [0.2, 0.25) is 0 Å². The summed E-state index contributed by atoms with van der Waals surface area (Å²) in [5.74, 6) is 2.02. The van der Waals surface area contributed by atoms with Crippen molar-refractivity contribution in [1.29, 1.82) is 0 Å². The molecule has 3 saturated carbocycles. The molecule has 4 aliphatic rings. The molecule has 4 aliphatic carbocycles. The Labute approximate surface area is 156 Å². The first kappa shape index (κ1) is 17.8. The molecular formula is C22H31ClO2. The molecule has 0 aliphatic heterocycles. The normalized spacial score (nSPS) is 52.0. The molecule has 0 spiro atoms. The highest BCUT2D eigenvalue weighted by Gasteiger charge is 2.63. The third-order valence-electron chi connectivity index (χ3n) is 8.46. The van der Waals surface area contributed by atoms with Crippen LogP contribution in [0.5, 0.6) is 0 Å². The Morgan fingerprint density at radius 3 is 2.76 bits per heavy atom. The second-order valence-corrected chi connectivity index (χ2v) is 10.3. The van der Waals surface area contributed by atoms with E-state index in [1.54, 1.807) is 0 Å². The highest BCUT2D eigenvalue weighted by molar-refractivity contribution is 6.23. The third-order valence-corrected chi connectivity index (χ3v) is 8.88. The van der Waals surface area contributed by atoms with Crippen LogP contribution in [-0.4, -0.2) is 22.4 Å². The van der Waals surface area contributed by atoms with Crippen LogP contribution >= 0.6 is 11.6 Å². The highest BCUT2D eigenvalue weighted by atomic mass is 35.5. The summed E-state index contributed by atoms with van der Waals surface area (Å²) in [6.45, 7) is 11.0. The van der Waals surface area contributed by atoms with Gasteiger partial charge in [-0.1, -0.05) is 26.0 Å². The van der Waals surface area contributed by atoms with Gasteiger partial charge >= 0.3 is 0 Å². The van der Waals surface area contributed by atoms with E-state index in [4.69, 9.17) is 11.6 Å². The van der Waals surface area contributed by atoms with Gasteiger partial charge in [0.1, 0.15) is 0 Å². The molecule has 3 fully saturated rings. The monoisotopic (exact) mass is 362 g/mol. The third kappa shape index (κ3) is 2.36. The van der Waals surface area contributed by atoms with E-state index in [2.05, 4.69) is 27.4 Å². The zero-order chi connectivity index (χ0) is 18.1. The zero-order valence-electron chi connectivity index (χ0n) is 15.7. The maximum absolute atomic E-state index is 12.0. The molecule has 0 aromatic heterocycles. The SMILES string of the molecule is C=C(C)[C@H]1CC[C@H]2[C@@H]3C[C@@H](Cl)C4=CC(=O)CC[C@]4(C)[C@H]3[C@@H](O)C[C@]12C. The van der Waals surface area contributed by atoms with E-state index in [-0.39, 0.29) is 34.0 Å². The number of allylic oxidation sites excluding steroid dienone is 2. The Morgan fingerprint density at radius 2 is 2.08 bits per heavy atom. The van der Waals surface area contributed by atoms with Crippen LogP contribution in [0.15, 0.2) is 23.8 Å². The van der Waals surface area contributed by atoms with Crippen LogP contribution in [0.3, 0.4) is 0 Å². The smallest absolute Gasteiger partial charge is 0.155 e. The second-order valence-electron chi connectivity index (χ2n) is 9.74. The molecule has 0 unspecified atom stereocenters. The maximum Gasteiger partial charge on any atom is 0.155 e. The summed E-state index contributed by atoms with van der Waals surface area (Å²) in [5.41, 5.74) is 2.39. The Balaban J connectivity index is 1.76. The van der Waals surface area contributed by atoms with Crippen molar-refractivity contribution in [1.82, 2.24) is 0 Å². The first-order chi connectivity index (χ1) is 11.7. The largest absolute Gasteiger partial charge is 0.393 e. The van der Waals surface area contributed by atoms with Crippen LogP contribution in [0, 0.1) is 34.5 Å². The van der Waals surface area contributed by atoms with E-state index >= 15 is 0 Å². The van der Waals surface area contributed by atoms with Crippen molar-refractivity contribution in [3.05, 3.63) is 23.8 Å². The summed E-state index contributed by atoms with van der Waals surface area (Å²) >= 11 is 6.83. The first-order valence-corrected chi connectivity index (χ1v) is 10.3. The second kappa shape index (κ2) is 5.70. The zero-order valence-corrected chi connectivity index (χ0v) is 16.5. The Kier molecular flexibility index (Phi) is 4.05. The van der Waals surface area contributed by atoms with E-state index in [9.17, 15) is 9.90 Å². The number of carbonyl (C=O) groups is 1. The molecule has 0 aromatic rings. The molecule has 3 heteroatoms. The Morgan fingerprint density at radius 1 is 1.36 bits per heavy atom. The maximum atomic E-state index is 12.0. The predicted octanol–water partition coefficient (Wildman–Crippen LogP) is 4.90. The number of ketones is 1. The molecule has 0 saturated heterocycles. The molecule has 0 amide bonds. The number of aliphatic hydroxyl groups excluding tert-OH is 1. The molecule has 138 valence electrons. The van der Waals surface area contributed by atoms with Gasteiger partial charge in [0.05, 0.1) is 11.5 Å². The van der Waals surface area contributed by atoms with Gasteiger partial charge in [-0.05, 0) is 85.2 Å². The van der Waals surface area contributed by atoms with Crippen molar-refractivity contribution in [2.24, 2.45) is 34.5 Å². The number of carbonyl (C=O) groups excluding carboxylic acids is 1. The number of halogens is 1. The summed E-state index contributed by atoms with van der Waals surface area (Å²) < 4.78 is 0. The van der Waals surface area contributed by atoms with E-state index < -0.39 is 0 Å². The molecule has 0 bridgehead atoms. The van der Waals surface area contributed by atoms with Crippen molar-refractivity contribution in [3.63, 3.8) is 0 Å². The van der Waals surface area contributed by atoms with Crippen molar-refractivity contribution in [3.8, 4) is 0 Å². The minimum absolute atomic E-state index is 0.0612. The van der Waals surface area contributed by atoms with Gasteiger partial charge in [-0.2, -0.15) is 0 Å². The number of rotatable bonds is 1. The van der Waals surface area contributed by atoms with Gasteiger partial charge in [-0.25, -0.2) is 0 Å².